The summed E-state index contributed by atoms with van der Waals surface area (Å²) in [5.74, 6) is -2.71. The summed E-state index contributed by atoms with van der Waals surface area (Å²) in [6, 6.07) is 6.49. The van der Waals surface area contributed by atoms with Crippen LogP contribution < -0.4 is 5.32 Å². The number of aliphatic carboxylic acids is 1. The van der Waals surface area contributed by atoms with Gasteiger partial charge in [0.05, 0.1) is 15.3 Å². The Bertz CT molecular complexity index is 1150. The number of thioether (sulfide) groups is 1. The highest BCUT2D eigenvalue weighted by molar-refractivity contribution is 8.03. The third-order valence-corrected chi connectivity index (χ3v) is 7.76. The average molecular weight is 436 g/mol. The highest BCUT2D eigenvalue weighted by Crippen LogP contribution is 2.43. The molecule has 0 saturated heterocycles. The van der Waals surface area contributed by atoms with Gasteiger partial charge in [-0.1, -0.05) is 12.1 Å². The monoisotopic (exact) mass is 435 g/mol. The third-order valence-electron chi connectivity index (χ3n) is 4.45. The number of nitrogens with one attached hydrogen (secondary N) is 1. The number of aryl methyl sites for hydroxylation is 1. The van der Waals surface area contributed by atoms with E-state index in [0.717, 1.165) is 33.4 Å². The van der Waals surface area contributed by atoms with Crippen molar-refractivity contribution in [3.8, 4) is 5.75 Å². The largest absolute Gasteiger partial charge is 0.505 e. The smallest absolute Gasteiger partial charge is 0.334 e. The average Bonchev–Trinajstić information content (AvgIpc) is 3.31. The highest BCUT2D eigenvalue weighted by Gasteiger charge is 2.35. The molecule has 28 heavy (non-hydrogen) atoms. The summed E-state index contributed by atoms with van der Waals surface area (Å²) in [5.41, 5.74) is 0.993. The maximum Gasteiger partial charge on any atom is 0.334 e. The van der Waals surface area contributed by atoms with E-state index in [4.69, 9.17) is 0 Å². The first-order valence-corrected chi connectivity index (χ1v) is 10.9. The Hall–Kier alpha value is -2.36. The minimum absolute atomic E-state index is 0.0426. The number of halogens is 1. The van der Waals surface area contributed by atoms with Gasteiger partial charge in [-0.2, -0.15) is 0 Å². The van der Waals surface area contributed by atoms with Crippen LogP contribution in [-0.4, -0.2) is 27.8 Å². The van der Waals surface area contributed by atoms with E-state index in [1.807, 2.05) is 11.4 Å². The quantitative estimate of drug-likeness (QED) is 0.554. The lowest BCUT2D eigenvalue weighted by atomic mass is 9.92. The lowest BCUT2D eigenvalue weighted by molar-refractivity contribution is -0.132. The van der Waals surface area contributed by atoms with Gasteiger partial charge in [0.25, 0.3) is 5.91 Å². The molecule has 2 aromatic heterocycles. The fraction of sp³-hybridized carbons (Fsp3) is 0.158. The van der Waals surface area contributed by atoms with E-state index in [-0.39, 0.29) is 21.2 Å². The summed E-state index contributed by atoms with van der Waals surface area (Å²) < 4.78 is 15.8. The molecule has 1 aliphatic heterocycles. The number of carbonyl (C=O) groups excluding carboxylic acids is 1. The Labute approximate surface area is 171 Å². The first kappa shape index (κ1) is 19.0. The lowest BCUT2D eigenvalue weighted by Crippen LogP contribution is -2.23. The molecule has 0 bridgehead atoms. The predicted molar refractivity (Wildman–Crippen MR) is 110 cm³/mol. The third kappa shape index (κ3) is 3.19. The van der Waals surface area contributed by atoms with Crippen LogP contribution in [0.4, 0.5) is 4.39 Å². The molecule has 4 rings (SSSR count). The van der Waals surface area contributed by atoms with Crippen molar-refractivity contribution in [2.75, 3.05) is 5.75 Å². The van der Waals surface area contributed by atoms with Crippen molar-refractivity contribution in [1.82, 2.24) is 5.32 Å². The molecule has 1 unspecified atom stereocenters. The van der Waals surface area contributed by atoms with Crippen molar-refractivity contribution in [3.05, 3.63) is 62.1 Å². The van der Waals surface area contributed by atoms with Gasteiger partial charge in [-0.05, 0) is 35.6 Å². The zero-order valence-electron chi connectivity index (χ0n) is 14.5. The molecular formula is C19H14FNO4S3. The van der Waals surface area contributed by atoms with Crippen molar-refractivity contribution < 1.29 is 24.2 Å². The number of carbonyl (C=O) groups is 2. The SMILES string of the molecule is Cc1ccc(C2CSC(NC(=O)c3sc4ccsc4c3O)=C2C(=O)O)c(F)c1. The highest BCUT2D eigenvalue weighted by atomic mass is 32.2. The molecule has 1 amide bonds. The second kappa shape index (κ2) is 7.23. The molecular weight excluding hydrogens is 421 g/mol. The Kier molecular flexibility index (Phi) is 4.90. The second-order valence-electron chi connectivity index (χ2n) is 6.28. The molecule has 1 aliphatic rings. The topological polar surface area (TPSA) is 86.6 Å². The van der Waals surface area contributed by atoms with Crippen LogP contribution in [0.3, 0.4) is 0 Å². The number of aromatic hydroxyl groups is 1. The van der Waals surface area contributed by atoms with Gasteiger partial charge in [-0.15, -0.1) is 34.4 Å². The number of hydrogen-bond acceptors (Lipinski definition) is 6. The van der Waals surface area contributed by atoms with E-state index < -0.39 is 23.6 Å². The summed E-state index contributed by atoms with van der Waals surface area (Å²) in [7, 11) is 0. The van der Waals surface area contributed by atoms with Crippen LogP contribution in [0.15, 0.2) is 40.2 Å². The van der Waals surface area contributed by atoms with Crippen LogP contribution in [-0.2, 0) is 4.79 Å². The molecule has 9 heteroatoms. The number of carboxylic acid groups (broad SMARTS) is 1. The molecule has 144 valence electrons. The molecule has 0 aliphatic carbocycles. The summed E-state index contributed by atoms with van der Waals surface area (Å²) in [5, 5.41) is 24.6. The summed E-state index contributed by atoms with van der Waals surface area (Å²) in [6.45, 7) is 1.76. The minimum Gasteiger partial charge on any atom is -0.505 e. The standard InChI is InChI=1S/C19H14FNO4S3/c1-8-2-3-9(11(20)6-8)10-7-27-18(13(10)19(24)25)21-17(23)16-14(22)15-12(28-16)4-5-26-15/h2-6,10,22H,7H2,1H3,(H,21,23)(H,24,25). The molecule has 3 aromatic rings. The number of fused-ring (bicyclic) bond motifs is 1. The molecule has 0 radical (unpaired) electrons. The van der Waals surface area contributed by atoms with Gasteiger partial charge >= 0.3 is 5.97 Å². The zero-order valence-corrected chi connectivity index (χ0v) is 16.9. The molecule has 1 aromatic carbocycles. The van der Waals surface area contributed by atoms with Crippen LogP contribution in [0.5, 0.6) is 5.75 Å². The van der Waals surface area contributed by atoms with E-state index >= 15 is 0 Å². The first-order chi connectivity index (χ1) is 13.4. The number of hydrogen-bond donors (Lipinski definition) is 3. The Balaban J connectivity index is 1.68. The predicted octanol–water partition coefficient (Wildman–Crippen LogP) is 4.67. The van der Waals surface area contributed by atoms with Gasteiger partial charge in [-0.25, -0.2) is 9.18 Å². The van der Waals surface area contributed by atoms with Gasteiger partial charge in [0.15, 0.2) is 5.75 Å². The van der Waals surface area contributed by atoms with E-state index in [2.05, 4.69) is 5.32 Å². The van der Waals surface area contributed by atoms with Crippen LogP contribution in [0.1, 0.15) is 26.7 Å². The van der Waals surface area contributed by atoms with Gasteiger partial charge in [0.1, 0.15) is 10.7 Å². The van der Waals surface area contributed by atoms with E-state index in [9.17, 15) is 24.2 Å². The van der Waals surface area contributed by atoms with Crippen molar-refractivity contribution in [1.29, 1.82) is 0 Å². The molecule has 0 fully saturated rings. The molecule has 3 N–H and O–H groups in total. The maximum atomic E-state index is 14.4. The van der Waals surface area contributed by atoms with Gasteiger partial charge < -0.3 is 15.5 Å². The molecule has 5 nitrogen and oxygen atoms in total. The summed E-state index contributed by atoms with van der Waals surface area (Å²) in [6.07, 6.45) is 0. The van der Waals surface area contributed by atoms with Crippen molar-refractivity contribution in [2.24, 2.45) is 0 Å². The maximum absolute atomic E-state index is 14.4. The Morgan fingerprint density at radius 3 is 2.75 bits per heavy atom. The zero-order chi connectivity index (χ0) is 20.0. The summed E-state index contributed by atoms with van der Waals surface area (Å²) in [4.78, 5) is 24.6. The van der Waals surface area contributed by atoms with Crippen LogP contribution in [0.2, 0.25) is 0 Å². The molecule has 0 saturated carbocycles. The normalized spacial score (nSPS) is 16.7. The molecule has 1 atom stereocenters. The Morgan fingerprint density at radius 1 is 1.29 bits per heavy atom. The van der Waals surface area contributed by atoms with Gasteiger partial charge in [0, 0.05) is 16.4 Å². The lowest BCUT2D eigenvalue weighted by Gasteiger charge is -2.13. The van der Waals surface area contributed by atoms with E-state index in [0.29, 0.717) is 16.0 Å². The minimum atomic E-state index is -1.21. The first-order valence-electron chi connectivity index (χ1n) is 8.23. The van der Waals surface area contributed by atoms with Crippen molar-refractivity contribution in [3.63, 3.8) is 0 Å². The van der Waals surface area contributed by atoms with Gasteiger partial charge in [0.2, 0.25) is 0 Å². The second-order valence-corrected chi connectivity index (χ2v) is 9.28. The number of amides is 1. The number of benzene rings is 1. The number of thiophene rings is 2. The fourth-order valence-electron chi connectivity index (χ4n) is 3.12. The summed E-state index contributed by atoms with van der Waals surface area (Å²) >= 11 is 3.63. The Morgan fingerprint density at radius 2 is 2.07 bits per heavy atom. The van der Waals surface area contributed by atoms with Crippen LogP contribution >= 0.6 is 34.4 Å². The number of rotatable bonds is 4. The fourth-order valence-corrected chi connectivity index (χ4v) is 6.40. The van der Waals surface area contributed by atoms with Crippen LogP contribution in [0, 0.1) is 12.7 Å². The van der Waals surface area contributed by atoms with E-state index in [1.54, 1.807) is 19.1 Å². The van der Waals surface area contributed by atoms with Crippen molar-refractivity contribution in [2.45, 2.75) is 12.8 Å². The van der Waals surface area contributed by atoms with E-state index in [1.165, 1.54) is 17.4 Å². The van der Waals surface area contributed by atoms with Gasteiger partial charge in [-0.3, -0.25) is 4.79 Å². The van der Waals surface area contributed by atoms with Crippen LogP contribution in [0.25, 0.3) is 9.40 Å². The molecule has 3 heterocycles. The van der Waals surface area contributed by atoms with Crippen molar-refractivity contribution >= 4 is 55.7 Å². The molecule has 0 spiro atoms. The number of carboxylic acids is 1.